The molecule has 0 saturated heterocycles. The maximum atomic E-state index is 11.7. The minimum atomic E-state index is -3.14. The van der Waals surface area contributed by atoms with Crippen molar-refractivity contribution in [1.82, 2.24) is 10.2 Å². The van der Waals surface area contributed by atoms with Crippen LogP contribution in [0.1, 0.15) is 96.8 Å². The predicted octanol–water partition coefficient (Wildman–Crippen LogP) is 3.54. The van der Waals surface area contributed by atoms with E-state index in [9.17, 15) is 4.57 Å². The largest absolute Gasteiger partial charge is 1.00 e. The smallest absolute Gasteiger partial charge is 0.372 e. The summed E-state index contributed by atoms with van der Waals surface area (Å²) in [6.45, 7) is 10.7. The Kier molecular flexibility index (Phi) is 20.3. The summed E-state index contributed by atoms with van der Waals surface area (Å²) in [5.74, 6) is 5.72. The van der Waals surface area contributed by atoms with Crippen LogP contribution in [0.2, 0.25) is 0 Å². The normalized spacial score (nSPS) is 19.6. The average molecular weight is 573 g/mol. The maximum Gasteiger partial charge on any atom is 1.00 e. The third-order valence-electron chi connectivity index (χ3n) is 6.71. The summed E-state index contributed by atoms with van der Waals surface area (Å²) < 4.78 is 21.4. The topological polar surface area (TPSA) is 114 Å². The fourth-order valence-electron chi connectivity index (χ4n) is 4.46. The van der Waals surface area contributed by atoms with E-state index in [1.54, 1.807) is 12.7 Å². The standard InChI is InChI=1S/C28H50N6O3P.Na/c1-4-5-6-7-8-9-10-11-12-13-14-15-16-17-18-19-25(2)33-27-26-28(31-22-30-27)34(23-32-26)20-21-36-24-38(3,35)37-29;/h11-12,22-23,26,28H,2-10,13-21,24,29H2,1H3,(H,30,31,33);/q-1;+1/b12-11-;. The summed E-state index contributed by atoms with van der Waals surface area (Å²) in [4.78, 5) is 15.4. The van der Waals surface area contributed by atoms with Crippen molar-refractivity contribution in [2.45, 2.75) is 109 Å². The first kappa shape index (κ1) is 36.2. The van der Waals surface area contributed by atoms with E-state index in [1.165, 1.54) is 77.0 Å². The Balaban J connectivity index is 0.00000760. The number of nitrogens with zero attached hydrogens (tertiary/aromatic N) is 4. The van der Waals surface area contributed by atoms with Crippen LogP contribution in [0.4, 0.5) is 0 Å². The molecule has 0 aromatic rings. The molecular formula is C28H50N6NaO3P. The number of rotatable bonds is 22. The van der Waals surface area contributed by atoms with Gasteiger partial charge in [0.25, 0.3) is 0 Å². The van der Waals surface area contributed by atoms with Gasteiger partial charge in [0.15, 0.2) is 6.17 Å². The second-order valence-corrected chi connectivity index (χ2v) is 12.3. The van der Waals surface area contributed by atoms with Gasteiger partial charge >= 0.3 is 29.6 Å². The average Bonchev–Trinajstić information content (AvgIpc) is 3.33. The van der Waals surface area contributed by atoms with Crippen molar-refractivity contribution in [3.8, 4) is 0 Å². The first-order valence-electron chi connectivity index (χ1n) is 14.3. The molecule has 0 spiro atoms. The molecule has 39 heavy (non-hydrogen) atoms. The molecule has 0 aromatic heterocycles. The molecule has 0 aromatic carbocycles. The Morgan fingerprint density at radius 1 is 1.10 bits per heavy atom. The Morgan fingerprint density at radius 3 is 2.41 bits per heavy atom. The van der Waals surface area contributed by atoms with Crippen molar-refractivity contribution >= 4 is 25.9 Å². The van der Waals surface area contributed by atoms with Gasteiger partial charge in [0.2, 0.25) is 0 Å². The third-order valence-corrected chi connectivity index (χ3v) is 7.67. The van der Waals surface area contributed by atoms with E-state index in [0.29, 0.717) is 13.2 Å². The maximum absolute atomic E-state index is 11.7. The van der Waals surface area contributed by atoms with Crippen molar-refractivity contribution in [3.05, 3.63) is 31.1 Å². The molecule has 9 nitrogen and oxygen atoms in total. The Hall–Kier alpha value is -0.800. The molecule has 3 atom stereocenters. The van der Waals surface area contributed by atoms with Crippen LogP contribution in [0.25, 0.3) is 0 Å². The molecule has 216 valence electrons. The van der Waals surface area contributed by atoms with Gasteiger partial charge in [-0.3, -0.25) is 9.62 Å². The van der Waals surface area contributed by atoms with E-state index < -0.39 is 7.37 Å². The van der Waals surface area contributed by atoms with Crippen LogP contribution in [0.3, 0.4) is 0 Å². The van der Waals surface area contributed by atoms with E-state index >= 15 is 0 Å². The van der Waals surface area contributed by atoms with Gasteiger partial charge < -0.3 is 19.5 Å². The SMILES string of the molecule is C=C(CCCCCCC/C=C\CCCCCCCC)NC1=NC=NC2C1N=CN2CCOCP([CH2-])(=O)ON.[Na+]. The molecule has 3 N–H and O–H groups in total. The van der Waals surface area contributed by atoms with Gasteiger partial charge in [0.1, 0.15) is 25.6 Å². The summed E-state index contributed by atoms with van der Waals surface area (Å²) in [6.07, 6.45) is 25.5. The summed E-state index contributed by atoms with van der Waals surface area (Å²) in [5.41, 5.74) is 0.959. The van der Waals surface area contributed by atoms with Gasteiger partial charge in [0, 0.05) is 12.2 Å². The van der Waals surface area contributed by atoms with Crippen LogP contribution in [-0.2, 0) is 13.9 Å². The second kappa shape index (κ2) is 21.9. The number of hydrogen-bond donors (Lipinski definition) is 2. The molecule has 2 aliphatic heterocycles. The van der Waals surface area contributed by atoms with Crippen molar-refractivity contribution in [2.75, 3.05) is 19.5 Å². The molecule has 0 radical (unpaired) electrons. The summed E-state index contributed by atoms with van der Waals surface area (Å²) in [6, 6.07) is -0.197. The summed E-state index contributed by atoms with van der Waals surface area (Å²) >= 11 is 0. The van der Waals surface area contributed by atoms with E-state index in [1.807, 2.05) is 4.90 Å². The minimum Gasteiger partial charge on any atom is -0.372 e. The molecule has 0 aliphatic carbocycles. The third kappa shape index (κ3) is 15.7. The number of nitrogens with one attached hydrogen (secondary N) is 1. The first-order chi connectivity index (χ1) is 18.5. The first-order valence-corrected chi connectivity index (χ1v) is 16.3. The number of ether oxygens (including phenoxy) is 1. The molecule has 2 rings (SSSR count). The van der Waals surface area contributed by atoms with Gasteiger partial charge in [-0.05, 0) is 38.5 Å². The zero-order valence-corrected chi connectivity index (χ0v) is 27.3. The number of unbranched alkanes of at least 4 members (excludes halogenated alkanes) is 11. The molecule has 11 heteroatoms. The number of nitrogens with two attached hydrogens (primary N) is 1. The zero-order chi connectivity index (χ0) is 27.5. The fourth-order valence-corrected chi connectivity index (χ4v) is 4.92. The number of amidine groups is 1. The quantitative estimate of drug-likeness (QED) is 0.0512. The number of allylic oxidation sites excluding steroid dienone is 3. The molecular weight excluding hydrogens is 522 g/mol. The minimum absolute atomic E-state index is 0. The number of fused-ring (bicyclic) bond motifs is 1. The van der Waals surface area contributed by atoms with Crippen molar-refractivity contribution < 1.29 is 43.5 Å². The monoisotopic (exact) mass is 572 g/mol. The van der Waals surface area contributed by atoms with Gasteiger partial charge in [-0.15, -0.1) is 0 Å². The Morgan fingerprint density at radius 2 is 1.74 bits per heavy atom. The van der Waals surface area contributed by atoms with E-state index in [0.717, 1.165) is 24.4 Å². The summed E-state index contributed by atoms with van der Waals surface area (Å²) in [7, 11) is -3.14. The van der Waals surface area contributed by atoms with Crippen molar-refractivity contribution in [3.63, 3.8) is 0 Å². The van der Waals surface area contributed by atoms with Crippen LogP contribution in [0.5, 0.6) is 0 Å². The van der Waals surface area contributed by atoms with Crippen LogP contribution >= 0.6 is 7.37 Å². The molecule has 0 amide bonds. The van der Waals surface area contributed by atoms with Gasteiger partial charge in [0.05, 0.1) is 19.3 Å². The van der Waals surface area contributed by atoms with Gasteiger partial charge in [-0.25, -0.2) is 22.5 Å². The van der Waals surface area contributed by atoms with Gasteiger partial charge in [-0.1, -0.05) is 77.0 Å². The molecule has 3 unspecified atom stereocenters. The Labute approximate surface area is 259 Å². The predicted molar refractivity (Wildman–Crippen MR) is 159 cm³/mol. The molecule has 0 bridgehead atoms. The van der Waals surface area contributed by atoms with Gasteiger partial charge in [-0.2, -0.15) is 0 Å². The molecule has 0 saturated carbocycles. The summed E-state index contributed by atoms with van der Waals surface area (Å²) in [5, 5.41) is 3.36. The fraction of sp³-hybridized carbons (Fsp3) is 0.714. The van der Waals surface area contributed by atoms with Crippen LogP contribution in [0.15, 0.2) is 39.4 Å². The molecule has 2 heterocycles. The molecule has 2 aliphatic rings. The zero-order valence-electron chi connectivity index (χ0n) is 24.4. The number of aliphatic imine (C=N–C) groups is 3. The van der Waals surface area contributed by atoms with E-state index in [4.69, 9.17) is 10.6 Å². The van der Waals surface area contributed by atoms with Crippen LogP contribution in [0, 0.1) is 6.66 Å². The van der Waals surface area contributed by atoms with E-state index in [-0.39, 0.29) is 48.1 Å². The number of hydrogen-bond acceptors (Lipinski definition) is 9. The molecule has 0 fully saturated rings. The van der Waals surface area contributed by atoms with Crippen molar-refractivity contribution in [2.24, 2.45) is 20.9 Å². The van der Waals surface area contributed by atoms with Crippen LogP contribution < -0.4 is 40.8 Å². The van der Waals surface area contributed by atoms with Crippen molar-refractivity contribution in [1.29, 1.82) is 0 Å². The second-order valence-electron chi connectivity index (χ2n) is 10.2. The van der Waals surface area contributed by atoms with Crippen LogP contribution in [-0.4, -0.2) is 55.1 Å². The Bertz CT molecular complexity index is 851. The van der Waals surface area contributed by atoms with E-state index in [2.05, 4.69) is 57.2 Å².